The van der Waals surface area contributed by atoms with Crippen molar-refractivity contribution in [2.24, 2.45) is 5.73 Å². The number of rotatable bonds is 3. The summed E-state index contributed by atoms with van der Waals surface area (Å²) in [6.07, 6.45) is 0. The van der Waals surface area contributed by atoms with Crippen molar-refractivity contribution in [1.29, 1.82) is 0 Å². The zero-order valence-corrected chi connectivity index (χ0v) is 11.7. The van der Waals surface area contributed by atoms with Crippen LogP contribution in [0.2, 0.25) is 0 Å². The summed E-state index contributed by atoms with van der Waals surface area (Å²) in [6, 6.07) is 7.06. The summed E-state index contributed by atoms with van der Waals surface area (Å²) in [7, 11) is 0. The minimum atomic E-state index is -0.465. The molecule has 0 aliphatic heterocycles. The van der Waals surface area contributed by atoms with Gasteiger partial charge in [0, 0.05) is 11.6 Å². The zero-order valence-electron chi connectivity index (χ0n) is 11.7. The Labute approximate surface area is 117 Å². The molecule has 2 nitrogen and oxygen atoms in total. The highest BCUT2D eigenvalue weighted by molar-refractivity contribution is 5.43. The predicted molar refractivity (Wildman–Crippen MR) is 75.0 cm³/mol. The van der Waals surface area contributed by atoms with Gasteiger partial charge in [-0.1, -0.05) is 6.07 Å². The van der Waals surface area contributed by atoms with E-state index in [1.165, 1.54) is 18.2 Å². The maximum atomic E-state index is 13.7. The van der Waals surface area contributed by atoms with Gasteiger partial charge >= 0.3 is 0 Å². The van der Waals surface area contributed by atoms with Crippen LogP contribution >= 0.6 is 0 Å². The molecule has 0 saturated carbocycles. The smallest absolute Gasteiger partial charge is 0.165 e. The molecule has 0 fully saturated rings. The van der Waals surface area contributed by atoms with Gasteiger partial charge in [-0.15, -0.1) is 0 Å². The van der Waals surface area contributed by atoms with Crippen LogP contribution in [-0.4, -0.2) is 0 Å². The highest BCUT2D eigenvalue weighted by atomic mass is 19.1. The summed E-state index contributed by atoms with van der Waals surface area (Å²) < 4.78 is 33.0. The zero-order chi connectivity index (χ0) is 14.9. The molecular weight excluding hydrogens is 260 g/mol. The lowest BCUT2D eigenvalue weighted by Crippen LogP contribution is -2.08. The molecule has 0 aromatic heterocycles. The predicted octanol–water partition coefficient (Wildman–Crippen LogP) is 4.39. The molecule has 2 rings (SSSR count). The van der Waals surface area contributed by atoms with E-state index in [4.69, 9.17) is 10.5 Å². The summed E-state index contributed by atoms with van der Waals surface area (Å²) in [5.74, 6) is -0.330. The Morgan fingerprint density at radius 2 is 1.70 bits per heavy atom. The molecule has 0 spiro atoms. The molecule has 2 aromatic carbocycles. The van der Waals surface area contributed by atoms with E-state index >= 15 is 0 Å². The second-order valence-corrected chi connectivity index (χ2v) is 4.96. The van der Waals surface area contributed by atoms with Gasteiger partial charge < -0.3 is 10.5 Å². The monoisotopic (exact) mass is 277 g/mol. The lowest BCUT2D eigenvalue weighted by Gasteiger charge is -2.16. The molecule has 0 heterocycles. The molecule has 4 heteroatoms. The van der Waals surface area contributed by atoms with E-state index < -0.39 is 11.9 Å². The van der Waals surface area contributed by atoms with Crippen LogP contribution in [0.5, 0.6) is 11.5 Å². The molecule has 0 aliphatic rings. The van der Waals surface area contributed by atoms with Crippen LogP contribution in [0.15, 0.2) is 30.3 Å². The second-order valence-electron chi connectivity index (χ2n) is 4.96. The molecule has 0 radical (unpaired) electrons. The summed E-state index contributed by atoms with van der Waals surface area (Å²) >= 11 is 0. The average molecular weight is 277 g/mol. The van der Waals surface area contributed by atoms with E-state index in [9.17, 15) is 8.78 Å². The Morgan fingerprint density at radius 3 is 2.35 bits per heavy atom. The van der Waals surface area contributed by atoms with E-state index in [0.29, 0.717) is 16.9 Å². The SMILES string of the molecule is Cc1ccc(F)c(Oc2cc(C)c(F)cc2[C@@H](C)N)c1. The number of aryl methyl sites for hydroxylation is 2. The van der Waals surface area contributed by atoms with Crippen molar-refractivity contribution in [1.82, 2.24) is 0 Å². The third-order valence-corrected chi connectivity index (χ3v) is 3.09. The van der Waals surface area contributed by atoms with E-state index in [-0.39, 0.29) is 11.6 Å². The van der Waals surface area contributed by atoms with Crippen LogP contribution < -0.4 is 10.5 Å². The molecular formula is C16H17F2NO. The minimum absolute atomic E-state index is 0.109. The topological polar surface area (TPSA) is 35.2 Å². The van der Waals surface area contributed by atoms with Crippen LogP contribution in [0.1, 0.15) is 29.7 Å². The first-order valence-electron chi connectivity index (χ1n) is 6.38. The van der Waals surface area contributed by atoms with Crippen LogP contribution in [0.3, 0.4) is 0 Å². The molecule has 0 saturated heterocycles. The van der Waals surface area contributed by atoms with Crippen molar-refractivity contribution >= 4 is 0 Å². The number of hydrogen-bond donors (Lipinski definition) is 1. The van der Waals surface area contributed by atoms with Gasteiger partial charge in [0.05, 0.1) is 0 Å². The maximum absolute atomic E-state index is 13.7. The van der Waals surface area contributed by atoms with Gasteiger partial charge in [0.15, 0.2) is 11.6 Å². The van der Waals surface area contributed by atoms with Gasteiger partial charge in [0.25, 0.3) is 0 Å². The van der Waals surface area contributed by atoms with E-state index in [1.54, 1.807) is 26.0 Å². The van der Waals surface area contributed by atoms with Gasteiger partial charge in [-0.05, 0) is 56.2 Å². The molecule has 0 amide bonds. The summed E-state index contributed by atoms with van der Waals surface area (Å²) in [5.41, 5.74) is 7.63. The first-order chi connectivity index (χ1) is 9.38. The molecule has 1 atom stereocenters. The van der Waals surface area contributed by atoms with Gasteiger partial charge in [0.1, 0.15) is 11.6 Å². The lowest BCUT2D eigenvalue weighted by molar-refractivity contribution is 0.432. The molecule has 106 valence electrons. The fourth-order valence-electron chi connectivity index (χ4n) is 1.92. The van der Waals surface area contributed by atoms with Crippen molar-refractivity contribution in [3.8, 4) is 11.5 Å². The lowest BCUT2D eigenvalue weighted by atomic mass is 10.0. The summed E-state index contributed by atoms with van der Waals surface area (Å²) in [5, 5.41) is 0. The molecule has 0 aliphatic carbocycles. The van der Waals surface area contributed by atoms with Crippen LogP contribution in [0, 0.1) is 25.5 Å². The first-order valence-corrected chi connectivity index (χ1v) is 6.38. The van der Waals surface area contributed by atoms with E-state index in [0.717, 1.165) is 5.56 Å². The standard InChI is InChI=1S/C16H17F2NO/c1-9-4-5-13(17)16(6-9)20-15-7-10(2)14(18)8-12(15)11(3)19/h4-8,11H,19H2,1-3H3/t11-/m1/s1. The van der Waals surface area contributed by atoms with Crippen molar-refractivity contribution in [2.75, 3.05) is 0 Å². The second kappa shape index (κ2) is 5.59. The number of ether oxygens (including phenoxy) is 1. The Bertz CT molecular complexity index is 639. The quantitative estimate of drug-likeness (QED) is 0.902. The van der Waals surface area contributed by atoms with E-state index in [1.807, 2.05) is 6.92 Å². The summed E-state index contributed by atoms with van der Waals surface area (Å²) in [6.45, 7) is 5.19. The third-order valence-electron chi connectivity index (χ3n) is 3.09. The Balaban J connectivity index is 2.47. The van der Waals surface area contributed by atoms with Crippen LogP contribution in [0.4, 0.5) is 8.78 Å². The molecule has 0 unspecified atom stereocenters. The van der Waals surface area contributed by atoms with Crippen molar-refractivity contribution in [2.45, 2.75) is 26.8 Å². The summed E-state index contributed by atoms with van der Waals surface area (Å²) in [4.78, 5) is 0. The van der Waals surface area contributed by atoms with Gasteiger partial charge in [-0.2, -0.15) is 0 Å². The largest absolute Gasteiger partial charge is 0.454 e. The van der Waals surface area contributed by atoms with E-state index in [2.05, 4.69) is 0 Å². The molecule has 0 bridgehead atoms. The van der Waals surface area contributed by atoms with Crippen molar-refractivity contribution in [3.63, 3.8) is 0 Å². The first kappa shape index (κ1) is 14.5. The molecule has 2 aromatic rings. The highest BCUT2D eigenvalue weighted by Crippen LogP contribution is 2.32. The fraction of sp³-hybridized carbons (Fsp3) is 0.250. The number of nitrogens with two attached hydrogens (primary N) is 1. The Kier molecular flexibility index (Phi) is 4.04. The van der Waals surface area contributed by atoms with Gasteiger partial charge in [0.2, 0.25) is 0 Å². The maximum Gasteiger partial charge on any atom is 0.165 e. The van der Waals surface area contributed by atoms with Gasteiger partial charge in [-0.25, -0.2) is 8.78 Å². The number of halogens is 2. The number of hydrogen-bond acceptors (Lipinski definition) is 2. The average Bonchev–Trinajstić information content (AvgIpc) is 2.37. The van der Waals surface area contributed by atoms with Crippen molar-refractivity contribution < 1.29 is 13.5 Å². The highest BCUT2D eigenvalue weighted by Gasteiger charge is 2.14. The molecule has 2 N–H and O–H groups in total. The van der Waals surface area contributed by atoms with Crippen LogP contribution in [0.25, 0.3) is 0 Å². The number of benzene rings is 2. The minimum Gasteiger partial charge on any atom is -0.454 e. The normalized spacial score (nSPS) is 12.3. The Morgan fingerprint density at radius 1 is 1.00 bits per heavy atom. The fourth-order valence-corrected chi connectivity index (χ4v) is 1.92. The van der Waals surface area contributed by atoms with Crippen LogP contribution in [-0.2, 0) is 0 Å². The van der Waals surface area contributed by atoms with Crippen molar-refractivity contribution in [3.05, 3.63) is 58.7 Å². The third kappa shape index (κ3) is 2.96. The molecule has 20 heavy (non-hydrogen) atoms. The van der Waals surface area contributed by atoms with Gasteiger partial charge in [-0.3, -0.25) is 0 Å². The Hall–Kier alpha value is -1.94.